The summed E-state index contributed by atoms with van der Waals surface area (Å²) >= 11 is 0. The summed E-state index contributed by atoms with van der Waals surface area (Å²) in [5.74, 6) is -0.814. The van der Waals surface area contributed by atoms with Crippen LogP contribution in [-0.2, 0) is 4.79 Å². The van der Waals surface area contributed by atoms with Gasteiger partial charge in [-0.1, -0.05) is 26.0 Å². The third-order valence-electron chi connectivity index (χ3n) is 3.00. The quantitative estimate of drug-likeness (QED) is 0.870. The highest BCUT2D eigenvalue weighted by Gasteiger charge is 2.23. The SMILES string of the molecule is Cc1cccc(N(C)C(=O)N[C@H](CC(C)C)C(=O)O)c1. The van der Waals surface area contributed by atoms with Crippen LogP contribution in [0.15, 0.2) is 24.3 Å². The number of aryl methyl sites for hydroxylation is 1. The summed E-state index contributed by atoms with van der Waals surface area (Å²) in [5.41, 5.74) is 1.77. The first-order chi connectivity index (χ1) is 9.31. The van der Waals surface area contributed by atoms with Crippen molar-refractivity contribution in [3.63, 3.8) is 0 Å². The molecule has 1 rings (SSSR count). The molecule has 1 atom stereocenters. The summed E-state index contributed by atoms with van der Waals surface area (Å²) in [4.78, 5) is 24.7. The number of carboxylic acids is 1. The van der Waals surface area contributed by atoms with Crippen molar-refractivity contribution < 1.29 is 14.7 Å². The van der Waals surface area contributed by atoms with Crippen molar-refractivity contribution in [1.29, 1.82) is 0 Å². The Labute approximate surface area is 119 Å². The minimum absolute atomic E-state index is 0.195. The van der Waals surface area contributed by atoms with Crippen LogP contribution in [0.25, 0.3) is 0 Å². The van der Waals surface area contributed by atoms with Crippen molar-refractivity contribution in [3.8, 4) is 0 Å². The number of nitrogens with zero attached hydrogens (tertiary/aromatic N) is 1. The molecule has 110 valence electrons. The Kier molecular flexibility index (Phi) is 5.55. The van der Waals surface area contributed by atoms with E-state index < -0.39 is 18.0 Å². The predicted octanol–water partition coefficient (Wildman–Crippen LogP) is 2.64. The van der Waals surface area contributed by atoms with Gasteiger partial charge in [0, 0.05) is 12.7 Å². The Morgan fingerprint density at radius 2 is 2.00 bits per heavy atom. The Morgan fingerprint density at radius 1 is 1.35 bits per heavy atom. The van der Waals surface area contributed by atoms with Gasteiger partial charge in [0.15, 0.2) is 0 Å². The number of urea groups is 1. The van der Waals surface area contributed by atoms with Crippen molar-refractivity contribution in [1.82, 2.24) is 5.32 Å². The molecule has 0 saturated heterocycles. The minimum Gasteiger partial charge on any atom is -0.480 e. The number of carbonyl (C=O) groups excluding carboxylic acids is 1. The third-order valence-corrected chi connectivity index (χ3v) is 3.00. The number of anilines is 1. The summed E-state index contributed by atoms with van der Waals surface area (Å²) < 4.78 is 0. The summed E-state index contributed by atoms with van der Waals surface area (Å²) in [5, 5.41) is 11.7. The van der Waals surface area contributed by atoms with Crippen molar-refractivity contribution in [3.05, 3.63) is 29.8 Å². The van der Waals surface area contributed by atoms with E-state index in [2.05, 4.69) is 5.32 Å². The summed E-state index contributed by atoms with van der Waals surface area (Å²) in [6, 6.07) is 6.20. The molecule has 0 aliphatic carbocycles. The summed E-state index contributed by atoms with van der Waals surface area (Å²) in [6.07, 6.45) is 0.405. The van der Waals surface area contributed by atoms with E-state index in [0.717, 1.165) is 11.3 Å². The number of carboxylic acid groups (broad SMARTS) is 1. The zero-order chi connectivity index (χ0) is 15.3. The van der Waals surface area contributed by atoms with Gasteiger partial charge in [0.25, 0.3) is 0 Å². The van der Waals surface area contributed by atoms with Crippen LogP contribution in [-0.4, -0.2) is 30.2 Å². The molecule has 0 aliphatic heterocycles. The van der Waals surface area contributed by atoms with Crippen LogP contribution in [0.2, 0.25) is 0 Å². The van der Waals surface area contributed by atoms with Gasteiger partial charge in [-0.2, -0.15) is 0 Å². The molecule has 2 N–H and O–H groups in total. The lowest BCUT2D eigenvalue weighted by atomic mass is 10.0. The minimum atomic E-state index is -1.01. The van der Waals surface area contributed by atoms with Gasteiger partial charge < -0.3 is 10.4 Å². The van der Waals surface area contributed by atoms with Crippen LogP contribution < -0.4 is 10.2 Å². The van der Waals surface area contributed by atoms with Crippen LogP contribution in [0.1, 0.15) is 25.8 Å². The molecule has 0 bridgehead atoms. The largest absolute Gasteiger partial charge is 0.480 e. The lowest BCUT2D eigenvalue weighted by molar-refractivity contribution is -0.139. The second kappa shape index (κ2) is 6.93. The van der Waals surface area contributed by atoms with Crippen LogP contribution in [0.4, 0.5) is 10.5 Å². The first-order valence-corrected chi connectivity index (χ1v) is 6.65. The van der Waals surface area contributed by atoms with Gasteiger partial charge >= 0.3 is 12.0 Å². The lowest BCUT2D eigenvalue weighted by Gasteiger charge is -2.22. The van der Waals surface area contributed by atoms with Crippen LogP contribution in [0.5, 0.6) is 0 Å². The molecule has 0 heterocycles. The number of amides is 2. The monoisotopic (exact) mass is 278 g/mol. The van der Waals surface area contributed by atoms with Gasteiger partial charge in [0.2, 0.25) is 0 Å². The van der Waals surface area contributed by atoms with E-state index in [1.807, 2.05) is 45.0 Å². The molecule has 20 heavy (non-hydrogen) atoms. The Morgan fingerprint density at radius 3 is 2.50 bits per heavy atom. The van der Waals surface area contributed by atoms with Gasteiger partial charge in [-0.25, -0.2) is 9.59 Å². The standard InChI is InChI=1S/C15H22N2O3/c1-10(2)8-13(14(18)19)16-15(20)17(4)12-7-5-6-11(3)9-12/h5-7,9-10,13H,8H2,1-4H3,(H,16,20)(H,18,19)/t13-/m1/s1. The molecular formula is C15H22N2O3. The van der Waals surface area contributed by atoms with Crippen molar-refractivity contribution in [2.45, 2.75) is 33.2 Å². The number of hydrogen-bond acceptors (Lipinski definition) is 2. The molecule has 0 aliphatic rings. The maximum absolute atomic E-state index is 12.1. The number of nitrogens with one attached hydrogen (secondary N) is 1. The average Bonchev–Trinajstić information content (AvgIpc) is 2.36. The van der Waals surface area contributed by atoms with E-state index >= 15 is 0 Å². The molecule has 0 saturated carbocycles. The molecular weight excluding hydrogens is 256 g/mol. The molecule has 0 spiro atoms. The number of hydrogen-bond donors (Lipinski definition) is 2. The van der Waals surface area contributed by atoms with E-state index in [0.29, 0.717) is 6.42 Å². The fourth-order valence-corrected chi connectivity index (χ4v) is 1.89. The van der Waals surface area contributed by atoms with E-state index in [1.54, 1.807) is 7.05 Å². The smallest absolute Gasteiger partial charge is 0.326 e. The van der Waals surface area contributed by atoms with Crippen LogP contribution in [0.3, 0.4) is 0 Å². The Hall–Kier alpha value is -2.04. The fourth-order valence-electron chi connectivity index (χ4n) is 1.89. The molecule has 5 heteroatoms. The third kappa shape index (κ3) is 4.57. The zero-order valence-corrected chi connectivity index (χ0v) is 12.4. The molecule has 0 aromatic heterocycles. The maximum atomic E-state index is 12.1. The zero-order valence-electron chi connectivity index (χ0n) is 12.4. The molecule has 1 aromatic carbocycles. The average molecular weight is 278 g/mol. The molecule has 0 radical (unpaired) electrons. The number of aliphatic carboxylic acids is 1. The van der Waals surface area contributed by atoms with Gasteiger partial charge in [-0.05, 0) is 37.0 Å². The second-order valence-electron chi connectivity index (χ2n) is 5.37. The van der Waals surface area contributed by atoms with Crippen molar-refractivity contribution in [2.24, 2.45) is 5.92 Å². The normalized spacial score (nSPS) is 12.1. The summed E-state index contributed by atoms with van der Waals surface area (Å²) in [6.45, 7) is 5.78. The van der Waals surface area contributed by atoms with E-state index in [4.69, 9.17) is 5.11 Å². The number of benzene rings is 1. The molecule has 1 aromatic rings. The van der Waals surface area contributed by atoms with Gasteiger partial charge in [0.05, 0.1) is 0 Å². The maximum Gasteiger partial charge on any atom is 0.326 e. The predicted molar refractivity (Wildman–Crippen MR) is 79.0 cm³/mol. The van der Waals surface area contributed by atoms with E-state index in [9.17, 15) is 9.59 Å². The van der Waals surface area contributed by atoms with E-state index in [1.165, 1.54) is 4.90 Å². The van der Waals surface area contributed by atoms with Crippen molar-refractivity contribution in [2.75, 3.05) is 11.9 Å². The Bertz CT molecular complexity index is 486. The molecule has 5 nitrogen and oxygen atoms in total. The molecule has 0 unspecified atom stereocenters. The summed E-state index contributed by atoms with van der Waals surface area (Å²) in [7, 11) is 1.62. The Balaban J connectivity index is 2.76. The molecule has 2 amide bonds. The molecule has 0 fully saturated rings. The highest BCUT2D eigenvalue weighted by Crippen LogP contribution is 2.15. The highest BCUT2D eigenvalue weighted by atomic mass is 16.4. The number of rotatable bonds is 5. The number of carbonyl (C=O) groups is 2. The van der Waals surface area contributed by atoms with Gasteiger partial charge in [0.1, 0.15) is 6.04 Å². The topological polar surface area (TPSA) is 69.6 Å². The fraction of sp³-hybridized carbons (Fsp3) is 0.467. The first-order valence-electron chi connectivity index (χ1n) is 6.65. The van der Waals surface area contributed by atoms with Crippen LogP contribution >= 0.6 is 0 Å². The highest BCUT2D eigenvalue weighted by molar-refractivity contribution is 5.94. The van der Waals surface area contributed by atoms with E-state index in [-0.39, 0.29) is 5.92 Å². The lowest BCUT2D eigenvalue weighted by Crippen LogP contribution is -2.47. The van der Waals surface area contributed by atoms with Gasteiger partial charge in [-0.3, -0.25) is 4.90 Å². The van der Waals surface area contributed by atoms with Gasteiger partial charge in [-0.15, -0.1) is 0 Å². The first kappa shape index (κ1) is 16.0. The second-order valence-corrected chi connectivity index (χ2v) is 5.37. The van der Waals surface area contributed by atoms with Crippen molar-refractivity contribution >= 4 is 17.7 Å². The van der Waals surface area contributed by atoms with Crippen LogP contribution in [0, 0.1) is 12.8 Å².